The first-order valence-electron chi connectivity index (χ1n) is 9.93. The SMILES string of the molecule is Nc1ncnc2cc(CN3CCN(Cc4[nH]c5ccc(Cl)cc5c4Cl)CC3=O)ccc12. The number of benzene rings is 2. The number of aromatic amines is 1. The number of nitrogens with one attached hydrogen (secondary N) is 1. The van der Waals surface area contributed by atoms with Gasteiger partial charge in [0.1, 0.15) is 12.1 Å². The molecule has 31 heavy (non-hydrogen) atoms. The van der Waals surface area contributed by atoms with Crippen LogP contribution in [0.25, 0.3) is 21.8 Å². The van der Waals surface area contributed by atoms with Gasteiger partial charge >= 0.3 is 0 Å². The molecule has 2 aromatic heterocycles. The molecule has 0 unspecified atom stereocenters. The monoisotopic (exact) mass is 454 g/mol. The fourth-order valence-corrected chi connectivity index (χ4v) is 4.46. The Balaban J connectivity index is 1.27. The van der Waals surface area contributed by atoms with Crippen LogP contribution in [0.3, 0.4) is 0 Å². The first-order valence-corrected chi connectivity index (χ1v) is 10.7. The first-order chi connectivity index (χ1) is 15.0. The maximum atomic E-state index is 12.8. The third kappa shape index (κ3) is 3.92. The highest BCUT2D eigenvalue weighted by Crippen LogP contribution is 2.30. The molecule has 0 spiro atoms. The second-order valence-electron chi connectivity index (χ2n) is 7.74. The second-order valence-corrected chi connectivity index (χ2v) is 8.56. The lowest BCUT2D eigenvalue weighted by molar-refractivity contribution is -0.136. The summed E-state index contributed by atoms with van der Waals surface area (Å²) in [5.41, 5.74) is 9.53. The number of H-pyrrole nitrogens is 1. The fourth-order valence-electron chi connectivity index (χ4n) is 4.02. The van der Waals surface area contributed by atoms with E-state index in [0.29, 0.717) is 42.0 Å². The standard InChI is InChI=1S/C22H20Cl2N6O/c23-14-2-4-17-16(8-14)21(24)19(28-17)10-29-5-6-30(20(31)11-29)9-13-1-3-15-18(7-13)26-12-27-22(15)25/h1-4,7-8,12,28H,5-6,9-11H2,(H2,25,26,27). The average Bonchev–Trinajstić information content (AvgIpc) is 3.05. The van der Waals surface area contributed by atoms with Crippen molar-refractivity contribution in [3.05, 3.63) is 64.0 Å². The van der Waals surface area contributed by atoms with Crippen LogP contribution in [-0.2, 0) is 17.9 Å². The molecule has 158 valence electrons. The van der Waals surface area contributed by atoms with Crippen LogP contribution in [0.4, 0.5) is 5.82 Å². The van der Waals surface area contributed by atoms with Gasteiger partial charge in [-0.2, -0.15) is 0 Å². The lowest BCUT2D eigenvalue weighted by Gasteiger charge is -2.34. The molecule has 0 aliphatic carbocycles. The van der Waals surface area contributed by atoms with E-state index in [-0.39, 0.29) is 5.91 Å². The molecule has 9 heteroatoms. The maximum Gasteiger partial charge on any atom is 0.237 e. The molecule has 0 saturated carbocycles. The molecular weight excluding hydrogens is 435 g/mol. The van der Waals surface area contributed by atoms with E-state index in [1.165, 1.54) is 6.33 Å². The quantitative estimate of drug-likeness (QED) is 0.488. The van der Waals surface area contributed by atoms with Crippen LogP contribution in [0.5, 0.6) is 0 Å². The number of anilines is 1. The highest BCUT2D eigenvalue weighted by Gasteiger charge is 2.25. The van der Waals surface area contributed by atoms with Crippen LogP contribution >= 0.6 is 23.2 Å². The van der Waals surface area contributed by atoms with E-state index in [0.717, 1.165) is 39.6 Å². The number of amides is 1. The Hall–Kier alpha value is -2.87. The highest BCUT2D eigenvalue weighted by molar-refractivity contribution is 6.37. The van der Waals surface area contributed by atoms with Crippen molar-refractivity contribution in [3.8, 4) is 0 Å². The minimum atomic E-state index is 0.0869. The third-order valence-corrected chi connectivity index (χ3v) is 6.32. The summed E-state index contributed by atoms with van der Waals surface area (Å²) in [6.07, 6.45) is 1.45. The van der Waals surface area contributed by atoms with Crippen molar-refractivity contribution in [3.63, 3.8) is 0 Å². The Bertz CT molecular complexity index is 1300. The van der Waals surface area contributed by atoms with E-state index in [1.807, 2.05) is 41.3 Å². The minimum absolute atomic E-state index is 0.0869. The second kappa shape index (κ2) is 8.00. The van der Waals surface area contributed by atoms with Crippen LogP contribution in [0.1, 0.15) is 11.3 Å². The number of halogens is 2. The van der Waals surface area contributed by atoms with E-state index < -0.39 is 0 Å². The van der Waals surface area contributed by atoms with Gasteiger partial charge in [0.05, 0.1) is 17.1 Å². The number of hydrogen-bond acceptors (Lipinski definition) is 5. The first kappa shape index (κ1) is 20.1. The molecule has 0 atom stereocenters. The molecule has 1 aliphatic heterocycles. The molecule has 2 aromatic carbocycles. The van der Waals surface area contributed by atoms with Crippen LogP contribution in [0.2, 0.25) is 10.0 Å². The zero-order valence-electron chi connectivity index (χ0n) is 16.6. The molecular formula is C22H20Cl2N6O. The number of carbonyl (C=O) groups is 1. The molecule has 7 nitrogen and oxygen atoms in total. The van der Waals surface area contributed by atoms with Crippen LogP contribution in [-0.4, -0.2) is 50.3 Å². The van der Waals surface area contributed by atoms with E-state index in [1.54, 1.807) is 0 Å². The fraction of sp³-hybridized carbons (Fsp3) is 0.227. The largest absolute Gasteiger partial charge is 0.383 e. The summed E-state index contributed by atoms with van der Waals surface area (Å²) in [7, 11) is 0. The zero-order chi connectivity index (χ0) is 21.5. The average molecular weight is 455 g/mol. The minimum Gasteiger partial charge on any atom is -0.383 e. The molecule has 3 heterocycles. The van der Waals surface area contributed by atoms with E-state index in [9.17, 15) is 4.79 Å². The summed E-state index contributed by atoms with van der Waals surface area (Å²) in [6, 6.07) is 11.4. The molecule has 0 bridgehead atoms. The Morgan fingerprint density at radius 3 is 2.74 bits per heavy atom. The molecule has 0 radical (unpaired) electrons. The molecule has 1 aliphatic rings. The van der Waals surface area contributed by atoms with Crippen molar-refractivity contribution >= 4 is 56.7 Å². The Morgan fingerprint density at radius 2 is 1.90 bits per heavy atom. The number of rotatable bonds is 4. The smallest absolute Gasteiger partial charge is 0.237 e. The van der Waals surface area contributed by atoms with E-state index in [4.69, 9.17) is 28.9 Å². The lowest BCUT2D eigenvalue weighted by atomic mass is 10.1. The third-order valence-electron chi connectivity index (χ3n) is 5.65. The Morgan fingerprint density at radius 1 is 1.03 bits per heavy atom. The zero-order valence-corrected chi connectivity index (χ0v) is 18.1. The molecule has 5 rings (SSSR count). The molecule has 3 N–H and O–H groups in total. The number of nitrogens with two attached hydrogens (primary N) is 1. The van der Waals surface area contributed by atoms with Crippen molar-refractivity contribution in [2.75, 3.05) is 25.4 Å². The number of nitrogens with zero attached hydrogens (tertiary/aromatic N) is 4. The van der Waals surface area contributed by atoms with Gasteiger partial charge in [-0.3, -0.25) is 9.69 Å². The number of hydrogen-bond donors (Lipinski definition) is 2. The van der Waals surface area contributed by atoms with Crippen molar-refractivity contribution in [2.24, 2.45) is 0 Å². The summed E-state index contributed by atoms with van der Waals surface area (Å²) in [5, 5.41) is 3.02. The van der Waals surface area contributed by atoms with Gasteiger partial charge in [-0.1, -0.05) is 29.3 Å². The summed E-state index contributed by atoms with van der Waals surface area (Å²) in [6.45, 7) is 2.87. The van der Waals surface area contributed by atoms with Gasteiger partial charge in [0.25, 0.3) is 0 Å². The molecule has 1 saturated heterocycles. The normalized spacial score (nSPS) is 15.3. The van der Waals surface area contributed by atoms with E-state index >= 15 is 0 Å². The summed E-state index contributed by atoms with van der Waals surface area (Å²) < 4.78 is 0. The number of fused-ring (bicyclic) bond motifs is 2. The number of piperazine rings is 1. The van der Waals surface area contributed by atoms with Crippen molar-refractivity contribution in [2.45, 2.75) is 13.1 Å². The Kier molecular flexibility index (Phi) is 5.17. The summed E-state index contributed by atoms with van der Waals surface area (Å²) in [5.74, 6) is 0.544. The predicted octanol–water partition coefficient (Wildman–Crippen LogP) is 3.84. The molecule has 1 amide bonds. The molecule has 1 fully saturated rings. The van der Waals surface area contributed by atoms with Gasteiger partial charge in [0.15, 0.2) is 0 Å². The van der Waals surface area contributed by atoms with Crippen LogP contribution < -0.4 is 5.73 Å². The van der Waals surface area contributed by atoms with Gasteiger partial charge in [-0.15, -0.1) is 0 Å². The van der Waals surface area contributed by atoms with Gasteiger partial charge in [-0.05, 0) is 35.9 Å². The van der Waals surface area contributed by atoms with Crippen LogP contribution in [0.15, 0.2) is 42.7 Å². The topological polar surface area (TPSA) is 91.1 Å². The Labute approximate surface area is 188 Å². The van der Waals surface area contributed by atoms with Gasteiger partial charge in [0, 0.05) is 53.2 Å². The maximum absolute atomic E-state index is 12.8. The van der Waals surface area contributed by atoms with Crippen LogP contribution in [0, 0.1) is 0 Å². The van der Waals surface area contributed by atoms with Gasteiger partial charge in [-0.25, -0.2) is 9.97 Å². The van der Waals surface area contributed by atoms with E-state index in [2.05, 4.69) is 19.9 Å². The van der Waals surface area contributed by atoms with Crippen molar-refractivity contribution < 1.29 is 4.79 Å². The summed E-state index contributed by atoms with van der Waals surface area (Å²) >= 11 is 12.6. The number of carbonyl (C=O) groups excluding carboxylic acids is 1. The number of nitrogen functional groups attached to an aromatic ring is 1. The van der Waals surface area contributed by atoms with Crippen molar-refractivity contribution in [1.82, 2.24) is 24.8 Å². The van der Waals surface area contributed by atoms with Gasteiger partial charge < -0.3 is 15.6 Å². The highest BCUT2D eigenvalue weighted by atomic mass is 35.5. The lowest BCUT2D eigenvalue weighted by Crippen LogP contribution is -2.49. The summed E-state index contributed by atoms with van der Waals surface area (Å²) in [4.78, 5) is 28.4. The number of aromatic nitrogens is 3. The van der Waals surface area contributed by atoms with Crippen molar-refractivity contribution in [1.29, 1.82) is 0 Å². The predicted molar refractivity (Wildman–Crippen MR) is 123 cm³/mol. The molecule has 4 aromatic rings. The van der Waals surface area contributed by atoms with Gasteiger partial charge in [0.2, 0.25) is 5.91 Å².